The van der Waals surface area contributed by atoms with Crippen LogP contribution in [0, 0.1) is 0 Å². The summed E-state index contributed by atoms with van der Waals surface area (Å²) < 4.78 is 10.7. The molecule has 1 aromatic rings. The van der Waals surface area contributed by atoms with Gasteiger partial charge in [0, 0.05) is 6.42 Å². The van der Waals surface area contributed by atoms with Crippen molar-refractivity contribution in [2.75, 3.05) is 13.7 Å². The number of rotatable bonds is 3. The fourth-order valence-electron chi connectivity index (χ4n) is 2.17. The van der Waals surface area contributed by atoms with Gasteiger partial charge in [-0.25, -0.2) is 0 Å². The summed E-state index contributed by atoms with van der Waals surface area (Å²) in [6.07, 6.45) is -2.77. The maximum Gasteiger partial charge on any atom is 0.119 e. The zero-order chi connectivity index (χ0) is 13.1. The molecule has 1 saturated heterocycles. The van der Waals surface area contributed by atoms with Crippen LogP contribution in [0.3, 0.4) is 0 Å². The number of hydrogen-bond acceptors (Lipinski definition) is 5. The van der Waals surface area contributed by atoms with E-state index in [1.54, 1.807) is 31.4 Å². The second kappa shape index (κ2) is 5.67. The summed E-state index contributed by atoms with van der Waals surface area (Å²) in [4.78, 5) is 0. The second-order valence-electron chi connectivity index (χ2n) is 4.43. The average molecular weight is 254 g/mol. The Morgan fingerprint density at radius 2 is 2.17 bits per heavy atom. The van der Waals surface area contributed by atoms with Gasteiger partial charge in [-0.05, 0) is 17.7 Å². The van der Waals surface area contributed by atoms with E-state index < -0.39 is 24.4 Å². The Hall–Kier alpha value is -1.14. The lowest BCUT2D eigenvalue weighted by Gasteiger charge is -2.36. The third-order valence-corrected chi connectivity index (χ3v) is 3.17. The van der Waals surface area contributed by atoms with Crippen molar-refractivity contribution in [2.45, 2.75) is 30.8 Å². The van der Waals surface area contributed by atoms with Crippen molar-refractivity contribution in [1.29, 1.82) is 0 Å². The van der Waals surface area contributed by atoms with Gasteiger partial charge < -0.3 is 24.8 Å². The van der Waals surface area contributed by atoms with E-state index in [4.69, 9.17) is 14.6 Å². The van der Waals surface area contributed by atoms with Crippen LogP contribution < -0.4 is 4.74 Å². The molecule has 0 aliphatic carbocycles. The summed E-state index contributed by atoms with van der Waals surface area (Å²) in [5.74, 6) is 0.656. The fraction of sp³-hybridized carbons (Fsp3) is 0.538. The Morgan fingerprint density at radius 3 is 2.83 bits per heavy atom. The van der Waals surface area contributed by atoms with Crippen LogP contribution in [0.2, 0.25) is 0 Å². The SMILES string of the molecule is COc1cccc(C2OC(CO)CC(O)C2O)c1. The molecule has 1 fully saturated rings. The Balaban J connectivity index is 2.23. The fourth-order valence-corrected chi connectivity index (χ4v) is 2.17. The molecule has 1 aromatic carbocycles. The molecule has 0 bridgehead atoms. The topological polar surface area (TPSA) is 79.2 Å². The Kier molecular flexibility index (Phi) is 4.19. The minimum absolute atomic E-state index is 0.176. The van der Waals surface area contributed by atoms with Crippen LogP contribution in [-0.4, -0.2) is 47.3 Å². The van der Waals surface area contributed by atoms with Gasteiger partial charge >= 0.3 is 0 Å². The highest BCUT2D eigenvalue weighted by Crippen LogP contribution is 2.33. The lowest BCUT2D eigenvalue weighted by atomic mass is 9.93. The zero-order valence-electron chi connectivity index (χ0n) is 10.2. The van der Waals surface area contributed by atoms with Crippen molar-refractivity contribution >= 4 is 0 Å². The number of methoxy groups -OCH3 is 1. The van der Waals surface area contributed by atoms with Crippen LogP contribution in [0.15, 0.2) is 24.3 Å². The van der Waals surface area contributed by atoms with Gasteiger partial charge in [-0.1, -0.05) is 12.1 Å². The second-order valence-corrected chi connectivity index (χ2v) is 4.43. The molecular weight excluding hydrogens is 236 g/mol. The Labute approximate surface area is 106 Å². The normalized spacial score (nSPS) is 32.2. The van der Waals surface area contributed by atoms with Crippen LogP contribution >= 0.6 is 0 Å². The van der Waals surface area contributed by atoms with Gasteiger partial charge in [-0.15, -0.1) is 0 Å². The van der Waals surface area contributed by atoms with E-state index in [9.17, 15) is 10.2 Å². The van der Waals surface area contributed by atoms with Crippen molar-refractivity contribution in [3.8, 4) is 5.75 Å². The Morgan fingerprint density at radius 1 is 1.39 bits per heavy atom. The summed E-state index contributed by atoms with van der Waals surface area (Å²) >= 11 is 0. The van der Waals surface area contributed by atoms with E-state index in [2.05, 4.69) is 0 Å². The van der Waals surface area contributed by atoms with Crippen molar-refractivity contribution in [3.63, 3.8) is 0 Å². The first-order valence-corrected chi connectivity index (χ1v) is 5.92. The van der Waals surface area contributed by atoms with Crippen LogP contribution in [0.5, 0.6) is 5.75 Å². The third-order valence-electron chi connectivity index (χ3n) is 3.17. The molecule has 0 saturated carbocycles. The molecule has 5 nitrogen and oxygen atoms in total. The maximum absolute atomic E-state index is 9.97. The third kappa shape index (κ3) is 2.64. The first kappa shape index (κ1) is 13.3. The van der Waals surface area contributed by atoms with E-state index in [1.807, 2.05) is 0 Å². The molecule has 2 rings (SSSR count). The van der Waals surface area contributed by atoms with Crippen molar-refractivity contribution in [3.05, 3.63) is 29.8 Å². The average Bonchev–Trinajstić information content (AvgIpc) is 2.41. The predicted octanol–water partition coefficient (Wildman–Crippen LogP) is 0.239. The van der Waals surface area contributed by atoms with Crippen LogP contribution in [0.25, 0.3) is 0 Å². The van der Waals surface area contributed by atoms with E-state index in [0.717, 1.165) is 5.56 Å². The Bertz CT molecular complexity index is 395. The monoisotopic (exact) mass is 254 g/mol. The number of aliphatic hydroxyl groups excluding tert-OH is 3. The molecule has 18 heavy (non-hydrogen) atoms. The van der Waals surface area contributed by atoms with Gasteiger partial charge in [-0.2, -0.15) is 0 Å². The summed E-state index contributed by atoms with van der Waals surface area (Å²) in [6.45, 7) is -0.176. The molecule has 100 valence electrons. The molecule has 1 aliphatic rings. The van der Waals surface area contributed by atoms with Gasteiger partial charge in [0.2, 0.25) is 0 Å². The van der Waals surface area contributed by atoms with E-state index >= 15 is 0 Å². The highest BCUT2D eigenvalue weighted by atomic mass is 16.5. The van der Waals surface area contributed by atoms with Crippen molar-refractivity contribution < 1.29 is 24.8 Å². The van der Waals surface area contributed by atoms with Crippen LogP contribution in [0.1, 0.15) is 18.1 Å². The summed E-state index contributed by atoms with van der Waals surface area (Å²) in [5.41, 5.74) is 0.721. The molecular formula is C13H18O5. The van der Waals surface area contributed by atoms with E-state index in [-0.39, 0.29) is 13.0 Å². The molecule has 0 amide bonds. The quantitative estimate of drug-likeness (QED) is 0.720. The number of ether oxygens (including phenoxy) is 2. The molecule has 1 aliphatic heterocycles. The van der Waals surface area contributed by atoms with Gasteiger partial charge in [0.15, 0.2) is 0 Å². The molecule has 1 heterocycles. The lowest BCUT2D eigenvalue weighted by molar-refractivity contribution is -0.179. The standard InChI is InChI=1S/C13H18O5/c1-17-9-4-2-3-8(5-9)13-12(16)11(15)6-10(7-14)18-13/h2-5,10-16H,6-7H2,1H3. The first-order chi connectivity index (χ1) is 8.65. The largest absolute Gasteiger partial charge is 0.497 e. The molecule has 0 aromatic heterocycles. The maximum atomic E-state index is 9.97. The minimum Gasteiger partial charge on any atom is -0.497 e. The molecule has 3 N–H and O–H groups in total. The number of benzene rings is 1. The summed E-state index contributed by atoms with van der Waals surface area (Å²) in [7, 11) is 1.56. The molecule has 0 radical (unpaired) electrons. The van der Waals surface area contributed by atoms with Crippen molar-refractivity contribution in [1.82, 2.24) is 0 Å². The van der Waals surface area contributed by atoms with Gasteiger partial charge in [0.05, 0.1) is 25.9 Å². The van der Waals surface area contributed by atoms with Crippen LogP contribution in [-0.2, 0) is 4.74 Å². The molecule has 4 unspecified atom stereocenters. The highest BCUT2D eigenvalue weighted by molar-refractivity contribution is 5.30. The van der Waals surface area contributed by atoms with Gasteiger partial charge in [0.25, 0.3) is 0 Å². The zero-order valence-corrected chi connectivity index (χ0v) is 10.2. The van der Waals surface area contributed by atoms with Crippen molar-refractivity contribution in [2.24, 2.45) is 0 Å². The summed E-state index contributed by atoms with van der Waals surface area (Å²) in [6, 6.07) is 7.13. The summed E-state index contributed by atoms with van der Waals surface area (Å²) in [5, 5.41) is 28.9. The molecule has 0 spiro atoms. The van der Waals surface area contributed by atoms with Crippen LogP contribution in [0.4, 0.5) is 0 Å². The predicted molar refractivity (Wildman–Crippen MR) is 64.3 cm³/mol. The number of hydrogen-bond donors (Lipinski definition) is 3. The van der Waals surface area contributed by atoms with Gasteiger partial charge in [0.1, 0.15) is 18.0 Å². The smallest absolute Gasteiger partial charge is 0.119 e. The van der Waals surface area contributed by atoms with E-state index in [0.29, 0.717) is 5.75 Å². The minimum atomic E-state index is -1.00. The van der Waals surface area contributed by atoms with Gasteiger partial charge in [-0.3, -0.25) is 0 Å². The number of aliphatic hydroxyl groups is 3. The molecule has 5 heteroatoms. The molecule has 4 atom stereocenters. The van der Waals surface area contributed by atoms with E-state index in [1.165, 1.54) is 0 Å². The first-order valence-electron chi connectivity index (χ1n) is 5.92. The highest BCUT2D eigenvalue weighted by Gasteiger charge is 2.37. The lowest BCUT2D eigenvalue weighted by Crippen LogP contribution is -2.44.